The van der Waals surface area contributed by atoms with Crippen molar-refractivity contribution >= 4 is 11.8 Å². The Morgan fingerprint density at radius 2 is 2.43 bits per heavy atom. The topological polar surface area (TPSA) is 0 Å². The molecule has 0 atom stereocenters. The second-order valence-corrected chi connectivity index (χ2v) is 2.63. The molecule has 0 spiro atoms. The lowest BCUT2D eigenvalue weighted by molar-refractivity contribution is 0.819. The molecule has 1 heteroatoms. The number of allylic oxidation sites excluding steroid dienone is 1. The average Bonchev–Trinajstić information content (AvgIpc) is 1.90. The molecule has 0 aromatic rings. The highest BCUT2D eigenvalue weighted by Gasteiger charge is 1.89. The Balaban J connectivity index is 2.20. The fraction of sp³-hybridized carbons (Fsp3) is 0.667. The van der Waals surface area contributed by atoms with Gasteiger partial charge in [0.15, 0.2) is 0 Å². The largest absolute Gasteiger partial charge is 0.134 e. The van der Waals surface area contributed by atoms with E-state index in [1.165, 1.54) is 25.0 Å². The zero-order valence-corrected chi connectivity index (χ0v) is 5.13. The summed E-state index contributed by atoms with van der Waals surface area (Å²) in [6.07, 6.45) is 7.06. The van der Waals surface area contributed by atoms with Crippen LogP contribution in [0.15, 0.2) is 5.41 Å². The molecule has 7 heavy (non-hydrogen) atoms. The van der Waals surface area contributed by atoms with Gasteiger partial charge < -0.3 is 0 Å². The molecule has 0 unspecified atom stereocenters. The highest BCUT2D eigenvalue weighted by Crippen LogP contribution is 2.12. The number of thioether (sulfide) groups is 1. The molecule has 1 aliphatic rings. The summed E-state index contributed by atoms with van der Waals surface area (Å²) in [4.78, 5) is 0. The van der Waals surface area contributed by atoms with Crippen LogP contribution in [0.2, 0.25) is 0 Å². The molecule has 0 amide bonds. The van der Waals surface area contributed by atoms with Gasteiger partial charge in [0.25, 0.3) is 0 Å². The summed E-state index contributed by atoms with van der Waals surface area (Å²) in [5.41, 5.74) is 0. The highest BCUT2D eigenvalue weighted by atomic mass is 32.2. The maximum absolute atomic E-state index is 3.19. The minimum Gasteiger partial charge on any atom is -0.134 e. The molecule has 1 aliphatic heterocycles. The number of hydrogen-bond donors (Lipinski definition) is 0. The first-order valence-corrected chi connectivity index (χ1v) is 3.72. The van der Waals surface area contributed by atoms with Gasteiger partial charge >= 0.3 is 0 Å². The normalized spacial score (nSPS) is 21.7. The van der Waals surface area contributed by atoms with Gasteiger partial charge in [-0.1, -0.05) is 0 Å². The quantitative estimate of drug-likeness (QED) is 0.464. The van der Waals surface area contributed by atoms with E-state index in [4.69, 9.17) is 0 Å². The van der Waals surface area contributed by atoms with Crippen molar-refractivity contribution in [1.82, 2.24) is 0 Å². The molecule has 0 aromatic carbocycles. The monoisotopic (exact) mass is 113 g/mol. The minimum atomic E-state index is 1.17. The van der Waals surface area contributed by atoms with Crippen LogP contribution in [0, 0.1) is 6.08 Å². The molecule has 1 rings (SSSR count). The van der Waals surface area contributed by atoms with Crippen molar-refractivity contribution in [3.8, 4) is 0 Å². The van der Waals surface area contributed by atoms with Crippen LogP contribution in [0.1, 0.15) is 19.3 Å². The summed E-state index contributed by atoms with van der Waals surface area (Å²) in [6, 6.07) is 0. The summed E-state index contributed by atoms with van der Waals surface area (Å²) in [7, 11) is 0. The Morgan fingerprint density at radius 1 is 1.43 bits per heavy atom. The Labute approximate surface area is 49.0 Å². The van der Waals surface area contributed by atoms with Gasteiger partial charge in [0.2, 0.25) is 0 Å². The molecular weight excluding hydrogens is 104 g/mol. The van der Waals surface area contributed by atoms with Crippen LogP contribution >= 0.6 is 11.8 Å². The SMILES string of the molecule is [C]1=CSCCCC1. The molecule has 0 bridgehead atoms. The van der Waals surface area contributed by atoms with Crippen LogP contribution in [0.5, 0.6) is 0 Å². The second-order valence-electron chi connectivity index (χ2n) is 1.65. The van der Waals surface area contributed by atoms with Gasteiger partial charge in [0.05, 0.1) is 0 Å². The molecule has 0 N–H and O–H groups in total. The van der Waals surface area contributed by atoms with E-state index in [1.807, 2.05) is 11.8 Å². The second kappa shape index (κ2) is 3.14. The maximum Gasteiger partial charge on any atom is -0.00258 e. The van der Waals surface area contributed by atoms with Crippen LogP contribution in [0.25, 0.3) is 0 Å². The smallest absolute Gasteiger partial charge is 0.00258 e. The Hall–Kier alpha value is 0.0900. The highest BCUT2D eigenvalue weighted by molar-refractivity contribution is 8.02. The summed E-state index contributed by atoms with van der Waals surface area (Å²) < 4.78 is 0. The molecule has 0 fully saturated rings. The van der Waals surface area contributed by atoms with E-state index in [9.17, 15) is 0 Å². The fourth-order valence-electron chi connectivity index (χ4n) is 0.589. The summed E-state index contributed by atoms with van der Waals surface area (Å²) in [5, 5.41) is 2.09. The third-order valence-corrected chi connectivity index (χ3v) is 1.86. The summed E-state index contributed by atoms with van der Waals surface area (Å²) >= 11 is 1.88. The lowest BCUT2D eigenvalue weighted by Gasteiger charge is -1.85. The molecular formula is C6H9S. The third kappa shape index (κ3) is 2.03. The van der Waals surface area contributed by atoms with Gasteiger partial charge in [-0.15, -0.1) is 11.8 Å². The molecule has 0 saturated heterocycles. The van der Waals surface area contributed by atoms with Gasteiger partial charge in [-0.3, -0.25) is 0 Å². The lowest BCUT2D eigenvalue weighted by Crippen LogP contribution is -1.71. The van der Waals surface area contributed by atoms with Gasteiger partial charge in [-0.2, -0.15) is 0 Å². The van der Waals surface area contributed by atoms with Gasteiger partial charge in [-0.25, -0.2) is 0 Å². The first-order valence-electron chi connectivity index (χ1n) is 2.67. The first kappa shape index (κ1) is 5.23. The van der Waals surface area contributed by atoms with Crippen molar-refractivity contribution in [3.05, 3.63) is 11.5 Å². The standard InChI is InChI=1S/C6H9S/c1-2-4-6-7-5-3-1/h6H,1-3,5H2. The van der Waals surface area contributed by atoms with Gasteiger partial charge in [0.1, 0.15) is 0 Å². The van der Waals surface area contributed by atoms with E-state index in [0.717, 1.165) is 0 Å². The van der Waals surface area contributed by atoms with E-state index in [0.29, 0.717) is 0 Å². The number of hydrogen-bond acceptors (Lipinski definition) is 1. The molecule has 0 aliphatic carbocycles. The van der Waals surface area contributed by atoms with Crippen LogP contribution < -0.4 is 0 Å². The van der Waals surface area contributed by atoms with Crippen LogP contribution in [-0.2, 0) is 0 Å². The third-order valence-electron chi connectivity index (χ3n) is 1.000. The van der Waals surface area contributed by atoms with Crippen LogP contribution in [0.4, 0.5) is 0 Å². The van der Waals surface area contributed by atoms with Crippen molar-refractivity contribution in [2.24, 2.45) is 0 Å². The molecule has 0 saturated carbocycles. The lowest BCUT2D eigenvalue weighted by atomic mass is 10.3. The van der Waals surface area contributed by atoms with E-state index in [-0.39, 0.29) is 0 Å². The van der Waals surface area contributed by atoms with E-state index in [2.05, 4.69) is 11.5 Å². The average molecular weight is 113 g/mol. The van der Waals surface area contributed by atoms with Crippen molar-refractivity contribution in [3.63, 3.8) is 0 Å². The van der Waals surface area contributed by atoms with Gasteiger partial charge in [0, 0.05) is 0 Å². The molecule has 0 nitrogen and oxygen atoms in total. The predicted molar refractivity (Wildman–Crippen MR) is 34.1 cm³/mol. The van der Waals surface area contributed by atoms with Crippen molar-refractivity contribution in [1.29, 1.82) is 0 Å². The van der Waals surface area contributed by atoms with Gasteiger partial charge in [-0.05, 0) is 36.5 Å². The molecule has 1 radical (unpaired) electrons. The Morgan fingerprint density at radius 3 is 3.43 bits per heavy atom. The van der Waals surface area contributed by atoms with E-state index >= 15 is 0 Å². The number of rotatable bonds is 0. The zero-order chi connectivity index (χ0) is 4.95. The zero-order valence-electron chi connectivity index (χ0n) is 4.31. The van der Waals surface area contributed by atoms with Crippen molar-refractivity contribution < 1.29 is 0 Å². The van der Waals surface area contributed by atoms with E-state index in [1.54, 1.807) is 0 Å². The molecule has 39 valence electrons. The van der Waals surface area contributed by atoms with Crippen molar-refractivity contribution in [2.75, 3.05) is 5.75 Å². The fourth-order valence-corrected chi connectivity index (χ4v) is 1.31. The van der Waals surface area contributed by atoms with Crippen LogP contribution in [0.3, 0.4) is 0 Å². The van der Waals surface area contributed by atoms with Crippen molar-refractivity contribution in [2.45, 2.75) is 19.3 Å². The predicted octanol–water partition coefficient (Wildman–Crippen LogP) is 2.22. The Kier molecular flexibility index (Phi) is 2.35. The van der Waals surface area contributed by atoms with Crippen LogP contribution in [-0.4, -0.2) is 5.75 Å². The minimum absolute atomic E-state index is 1.17. The Bertz CT molecular complexity index is 58.6. The maximum atomic E-state index is 3.19. The molecule has 1 heterocycles. The first-order chi connectivity index (χ1) is 3.50. The summed E-state index contributed by atoms with van der Waals surface area (Å²) in [5.74, 6) is 1.30. The molecule has 0 aromatic heterocycles. The summed E-state index contributed by atoms with van der Waals surface area (Å²) in [6.45, 7) is 0. The van der Waals surface area contributed by atoms with E-state index < -0.39 is 0 Å².